The van der Waals surface area contributed by atoms with Crippen LogP contribution >= 0.6 is 15.9 Å². The molecule has 3 nitrogen and oxygen atoms in total. The predicted molar refractivity (Wildman–Crippen MR) is 93.8 cm³/mol. The highest BCUT2D eigenvalue weighted by Crippen LogP contribution is 2.25. The molecule has 0 aliphatic heterocycles. The van der Waals surface area contributed by atoms with Crippen molar-refractivity contribution in [3.63, 3.8) is 0 Å². The summed E-state index contributed by atoms with van der Waals surface area (Å²) in [5, 5.41) is 11.7. The van der Waals surface area contributed by atoms with E-state index in [9.17, 15) is 5.11 Å². The van der Waals surface area contributed by atoms with Crippen LogP contribution < -0.4 is 0 Å². The fraction of sp³-hybridized carbons (Fsp3) is 0.105. The molecular formula is C19H14BrNO2. The summed E-state index contributed by atoms with van der Waals surface area (Å²) in [7, 11) is 1.45. The smallest absolute Gasteiger partial charge is 0.198 e. The molecule has 0 saturated carbocycles. The maximum absolute atomic E-state index is 9.94. The van der Waals surface area contributed by atoms with E-state index < -0.39 is 6.29 Å². The van der Waals surface area contributed by atoms with Gasteiger partial charge in [-0.2, -0.15) is 0 Å². The fourth-order valence-electron chi connectivity index (χ4n) is 2.32. The van der Waals surface area contributed by atoms with Gasteiger partial charge in [-0.3, -0.25) is 4.98 Å². The van der Waals surface area contributed by atoms with Crippen molar-refractivity contribution < 1.29 is 9.84 Å². The van der Waals surface area contributed by atoms with Gasteiger partial charge in [0.25, 0.3) is 0 Å². The summed E-state index contributed by atoms with van der Waals surface area (Å²) in [6, 6.07) is 15.5. The molecule has 1 unspecified atom stereocenters. The molecule has 1 heterocycles. The Bertz CT molecular complexity index is 912. The van der Waals surface area contributed by atoms with E-state index in [0.717, 1.165) is 26.4 Å². The second-order valence-electron chi connectivity index (χ2n) is 4.92. The summed E-state index contributed by atoms with van der Waals surface area (Å²) in [5.74, 6) is 6.32. The zero-order chi connectivity index (χ0) is 16.2. The minimum absolute atomic E-state index is 0.495. The molecule has 0 amide bonds. The average molecular weight is 368 g/mol. The third-order valence-electron chi connectivity index (χ3n) is 3.49. The number of hydrogen-bond donors (Lipinski definition) is 1. The Morgan fingerprint density at radius 1 is 1.00 bits per heavy atom. The van der Waals surface area contributed by atoms with Gasteiger partial charge in [-0.25, -0.2) is 0 Å². The monoisotopic (exact) mass is 367 g/mol. The number of benzene rings is 2. The molecule has 0 radical (unpaired) electrons. The number of hydrogen-bond acceptors (Lipinski definition) is 3. The molecule has 1 aromatic heterocycles. The van der Waals surface area contributed by atoms with E-state index in [1.54, 1.807) is 6.20 Å². The second-order valence-corrected chi connectivity index (χ2v) is 5.77. The van der Waals surface area contributed by atoms with Crippen molar-refractivity contribution in [1.82, 2.24) is 4.98 Å². The Labute approximate surface area is 143 Å². The summed E-state index contributed by atoms with van der Waals surface area (Å²) in [6.45, 7) is 0. The Morgan fingerprint density at radius 2 is 1.65 bits per heavy atom. The van der Waals surface area contributed by atoms with Crippen LogP contribution in [0.4, 0.5) is 0 Å². The minimum atomic E-state index is -1.05. The first kappa shape index (κ1) is 15.7. The SMILES string of the molecule is COC(O)c1ncc(C#Cc2ccccc2Br)c2ccccc12. The van der Waals surface area contributed by atoms with Gasteiger partial charge in [-0.1, -0.05) is 48.2 Å². The van der Waals surface area contributed by atoms with Crippen LogP contribution in [-0.2, 0) is 4.74 Å². The number of methoxy groups -OCH3 is 1. The van der Waals surface area contributed by atoms with Crippen LogP contribution in [0.25, 0.3) is 10.8 Å². The van der Waals surface area contributed by atoms with Crippen LogP contribution in [0.2, 0.25) is 0 Å². The number of ether oxygens (including phenoxy) is 1. The molecule has 3 rings (SSSR count). The minimum Gasteiger partial charge on any atom is -0.363 e. The van der Waals surface area contributed by atoms with Crippen molar-refractivity contribution in [3.8, 4) is 11.8 Å². The Kier molecular flexibility index (Phi) is 4.73. The number of nitrogens with zero attached hydrogens (tertiary/aromatic N) is 1. The maximum Gasteiger partial charge on any atom is 0.198 e. The molecule has 2 aromatic carbocycles. The number of fused-ring (bicyclic) bond motifs is 1. The van der Waals surface area contributed by atoms with Crippen LogP contribution in [0.3, 0.4) is 0 Å². The number of aliphatic hydroxyl groups is 1. The van der Waals surface area contributed by atoms with E-state index in [2.05, 4.69) is 32.8 Å². The number of aliphatic hydroxyl groups excluding tert-OH is 1. The van der Waals surface area contributed by atoms with Crippen molar-refractivity contribution in [2.45, 2.75) is 6.29 Å². The molecule has 0 fully saturated rings. The van der Waals surface area contributed by atoms with Gasteiger partial charge < -0.3 is 9.84 Å². The third-order valence-corrected chi connectivity index (χ3v) is 4.18. The van der Waals surface area contributed by atoms with Gasteiger partial charge in [0.05, 0.1) is 5.56 Å². The Morgan fingerprint density at radius 3 is 2.39 bits per heavy atom. The first-order valence-corrected chi connectivity index (χ1v) is 7.85. The Hall–Kier alpha value is -2.19. The predicted octanol–water partition coefficient (Wildman–Crippen LogP) is 4.03. The van der Waals surface area contributed by atoms with E-state index in [0.29, 0.717) is 5.69 Å². The van der Waals surface area contributed by atoms with Crippen molar-refractivity contribution in [3.05, 3.63) is 76.0 Å². The largest absolute Gasteiger partial charge is 0.363 e. The van der Waals surface area contributed by atoms with Crippen molar-refractivity contribution in [1.29, 1.82) is 0 Å². The zero-order valence-electron chi connectivity index (χ0n) is 12.5. The van der Waals surface area contributed by atoms with Gasteiger partial charge in [-0.15, -0.1) is 0 Å². The van der Waals surface area contributed by atoms with E-state index in [1.807, 2.05) is 48.5 Å². The van der Waals surface area contributed by atoms with E-state index >= 15 is 0 Å². The highest BCUT2D eigenvalue weighted by atomic mass is 79.9. The van der Waals surface area contributed by atoms with Crippen molar-refractivity contribution in [2.75, 3.05) is 7.11 Å². The molecule has 3 aromatic rings. The number of rotatable bonds is 2. The van der Waals surface area contributed by atoms with Crippen LogP contribution in [0.15, 0.2) is 59.2 Å². The molecule has 4 heteroatoms. The molecule has 23 heavy (non-hydrogen) atoms. The van der Waals surface area contributed by atoms with Crippen molar-refractivity contribution in [2.24, 2.45) is 0 Å². The topological polar surface area (TPSA) is 42.4 Å². The first-order valence-electron chi connectivity index (χ1n) is 7.05. The van der Waals surface area contributed by atoms with E-state index in [4.69, 9.17) is 4.74 Å². The van der Waals surface area contributed by atoms with Crippen molar-refractivity contribution >= 4 is 26.7 Å². The van der Waals surface area contributed by atoms with E-state index in [-0.39, 0.29) is 0 Å². The summed E-state index contributed by atoms with van der Waals surface area (Å²) in [4.78, 5) is 4.32. The number of pyridine rings is 1. The summed E-state index contributed by atoms with van der Waals surface area (Å²) in [6.07, 6.45) is 0.620. The number of halogens is 1. The molecule has 0 bridgehead atoms. The van der Waals surface area contributed by atoms with Gasteiger partial charge in [0.2, 0.25) is 0 Å². The van der Waals surface area contributed by atoms with Crippen LogP contribution in [0, 0.1) is 11.8 Å². The molecule has 1 N–H and O–H groups in total. The standard InChI is InChI=1S/C19H14BrNO2/c1-23-19(22)18-16-8-4-3-7-15(16)14(12-21-18)11-10-13-6-2-5-9-17(13)20/h2-9,12,19,22H,1H3. The molecule has 0 aliphatic carbocycles. The zero-order valence-corrected chi connectivity index (χ0v) is 14.0. The average Bonchev–Trinajstić information content (AvgIpc) is 2.60. The molecule has 0 spiro atoms. The quantitative estimate of drug-likeness (QED) is 0.549. The lowest BCUT2D eigenvalue weighted by atomic mass is 10.0. The third kappa shape index (κ3) is 3.27. The molecule has 1 atom stereocenters. The lowest BCUT2D eigenvalue weighted by Crippen LogP contribution is -2.04. The van der Waals surface area contributed by atoms with Gasteiger partial charge in [0.15, 0.2) is 6.29 Å². The molecule has 0 saturated heterocycles. The summed E-state index contributed by atoms with van der Waals surface area (Å²) < 4.78 is 5.93. The fourth-order valence-corrected chi connectivity index (χ4v) is 2.70. The highest BCUT2D eigenvalue weighted by molar-refractivity contribution is 9.10. The number of aromatic nitrogens is 1. The van der Waals surface area contributed by atoms with E-state index in [1.165, 1.54) is 7.11 Å². The van der Waals surface area contributed by atoms with Gasteiger partial charge in [0, 0.05) is 34.1 Å². The lowest BCUT2D eigenvalue weighted by Gasteiger charge is -2.11. The summed E-state index contributed by atoms with van der Waals surface area (Å²) in [5.41, 5.74) is 2.22. The normalized spacial score (nSPS) is 11.8. The van der Waals surface area contributed by atoms with Crippen LogP contribution in [0.1, 0.15) is 23.1 Å². The summed E-state index contributed by atoms with van der Waals surface area (Å²) >= 11 is 3.49. The molecule has 0 aliphatic rings. The van der Waals surface area contributed by atoms with Gasteiger partial charge in [0.1, 0.15) is 5.69 Å². The molecule has 114 valence electrons. The lowest BCUT2D eigenvalue weighted by molar-refractivity contribution is -0.0787. The molecular weight excluding hydrogens is 354 g/mol. The second kappa shape index (κ2) is 6.93. The highest BCUT2D eigenvalue weighted by Gasteiger charge is 2.13. The Balaban J connectivity index is 2.12. The maximum atomic E-state index is 9.94. The van der Waals surface area contributed by atoms with Crippen LogP contribution in [0.5, 0.6) is 0 Å². The van der Waals surface area contributed by atoms with Gasteiger partial charge in [-0.05, 0) is 28.1 Å². The van der Waals surface area contributed by atoms with Gasteiger partial charge >= 0.3 is 0 Å². The van der Waals surface area contributed by atoms with Crippen LogP contribution in [-0.4, -0.2) is 17.2 Å². The first-order chi connectivity index (χ1) is 11.2.